The molecule has 220 valence electrons. The highest BCUT2D eigenvalue weighted by Crippen LogP contribution is 2.33. The zero-order valence-electron chi connectivity index (χ0n) is 23.3. The Kier molecular flexibility index (Phi) is 11.9. The van der Waals surface area contributed by atoms with E-state index in [2.05, 4.69) is 5.32 Å². The van der Waals surface area contributed by atoms with Crippen LogP contribution in [-0.2, 0) is 26.2 Å². The third kappa shape index (κ3) is 7.93. The van der Waals surface area contributed by atoms with Gasteiger partial charge in [0.15, 0.2) is 0 Å². The van der Waals surface area contributed by atoms with Crippen molar-refractivity contribution >= 4 is 50.7 Å². The second-order valence-corrected chi connectivity index (χ2v) is 11.8. The first-order valence-corrected chi connectivity index (χ1v) is 15.6. The Hall–Kier alpha value is -3.27. The molecule has 0 saturated carbocycles. The molecule has 41 heavy (non-hydrogen) atoms. The van der Waals surface area contributed by atoms with Crippen molar-refractivity contribution in [3.63, 3.8) is 0 Å². The van der Waals surface area contributed by atoms with Gasteiger partial charge in [0.05, 0.1) is 17.2 Å². The number of ether oxygens (including phenoxy) is 1. The van der Waals surface area contributed by atoms with Gasteiger partial charge in [0.2, 0.25) is 11.8 Å². The molecular formula is C30H35Cl2N3O5S. The molecule has 8 nitrogen and oxygen atoms in total. The molecule has 0 aliphatic heterocycles. The van der Waals surface area contributed by atoms with Crippen LogP contribution in [0.2, 0.25) is 10.0 Å². The molecule has 0 spiro atoms. The standard InChI is InChI=1S/C30H35Cl2N3O5S/c1-4-19-33-30(37)26(5-2)34(20-23-24(31)15-12-16-25(23)32)29(36)21-35(27-17-10-11-18-28(27)40-6-3)41(38,39)22-13-8-7-9-14-22/h7-18,26H,4-6,19-21H2,1-3H3,(H,33,37)/t26-/m0/s1. The summed E-state index contributed by atoms with van der Waals surface area (Å²) in [5, 5.41) is 3.51. The minimum atomic E-state index is -4.23. The number of halogens is 2. The number of nitrogens with one attached hydrogen (secondary N) is 1. The lowest BCUT2D eigenvalue weighted by molar-refractivity contribution is -0.140. The summed E-state index contributed by atoms with van der Waals surface area (Å²) in [7, 11) is -4.23. The van der Waals surface area contributed by atoms with E-state index in [1.165, 1.54) is 17.0 Å². The van der Waals surface area contributed by atoms with E-state index >= 15 is 0 Å². The van der Waals surface area contributed by atoms with Crippen LogP contribution in [0.4, 0.5) is 5.69 Å². The van der Waals surface area contributed by atoms with Crippen molar-refractivity contribution in [1.29, 1.82) is 0 Å². The maximum atomic E-state index is 14.2. The van der Waals surface area contributed by atoms with Crippen LogP contribution >= 0.6 is 23.2 Å². The minimum absolute atomic E-state index is 0.00697. The highest BCUT2D eigenvalue weighted by Gasteiger charge is 2.35. The number of amides is 2. The highest BCUT2D eigenvalue weighted by atomic mass is 35.5. The van der Waals surface area contributed by atoms with E-state index in [9.17, 15) is 18.0 Å². The monoisotopic (exact) mass is 619 g/mol. The molecule has 3 aromatic carbocycles. The molecular weight excluding hydrogens is 585 g/mol. The maximum absolute atomic E-state index is 14.2. The zero-order chi connectivity index (χ0) is 30.0. The summed E-state index contributed by atoms with van der Waals surface area (Å²) in [4.78, 5) is 28.8. The van der Waals surface area contributed by atoms with Gasteiger partial charge in [0, 0.05) is 28.7 Å². The van der Waals surface area contributed by atoms with Crippen molar-refractivity contribution in [2.24, 2.45) is 0 Å². The van der Waals surface area contributed by atoms with Crippen molar-refractivity contribution in [3.05, 3.63) is 88.4 Å². The normalized spacial score (nSPS) is 11.9. The Morgan fingerprint density at radius 2 is 1.54 bits per heavy atom. The summed E-state index contributed by atoms with van der Waals surface area (Å²) in [6.45, 7) is 5.52. The van der Waals surface area contributed by atoms with Crippen LogP contribution in [0, 0.1) is 0 Å². The highest BCUT2D eigenvalue weighted by molar-refractivity contribution is 7.92. The molecule has 3 rings (SSSR count). The molecule has 0 fully saturated rings. The van der Waals surface area contributed by atoms with Gasteiger partial charge in [-0.25, -0.2) is 8.42 Å². The lowest BCUT2D eigenvalue weighted by Gasteiger charge is -2.34. The number of benzene rings is 3. The molecule has 11 heteroatoms. The van der Waals surface area contributed by atoms with Gasteiger partial charge in [-0.3, -0.25) is 13.9 Å². The first kappa shape index (κ1) is 32.2. The number of anilines is 1. The van der Waals surface area contributed by atoms with Crippen molar-refractivity contribution in [2.75, 3.05) is 24.0 Å². The molecule has 0 unspecified atom stereocenters. The lowest BCUT2D eigenvalue weighted by Crippen LogP contribution is -2.52. The van der Waals surface area contributed by atoms with Crippen LogP contribution in [0.3, 0.4) is 0 Å². The molecule has 2 amide bonds. The van der Waals surface area contributed by atoms with Gasteiger partial charge in [-0.1, -0.05) is 73.4 Å². The molecule has 0 radical (unpaired) electrons. The second-order valence-electron chi connectivity index (χ2n) is 9.16. The largest absolute Gasteiger partial charge is 0.492 e. The Labute approximate surface area is 252 Å². The average Bonchev–Trinajstić information content (AvgIpc) is 2.97. The molecule has 1 atom stereocenters. The van der Waals surface area contributed by atoms with Crippen LogP contribution < -0.4 is 14.4 Å². The van der Waals surface area contributed by atoms with Crippen molar-refractivity contribution < 1.29 is 22.7 Å². The molecule has 1 N–H and O–H groups in total. The van der Waals surface area contributed by atoms with Crippen LogP contribution in [0.5, 0.6) is 5.75 Å². The fourth-order valence-electron chi connectivity index (χ4n) is 4.31. The van der Waals surface area contributed by atoms with E-state index in [-0.39, 0.29) is 36.1 Å². The van der Waals surface area contributed by atoms with Gasteiger partial charge in [-0.15, -0.1) is 0 Å². The molecule has 0 bridgehead atoms. The number of para-hydroxylation sites is 2. The van der Waals surface area contributed by atoms with Crippen molar-refractivity contribution in [2.45, 2.75) is 51.1 Å². The summed E-state index contributed by atoms with van der Waals surface area (Å²) < 4.78 is 34.8. The summed E-state index contributed by atoms with van der Waals surface area (Å²) in [6.07, 6.45) is 0.994. The van der Waals surface area contributed by atoms with Gasteiger partial charge in [0.25, 0.3) is 10.0 Å². The number of hydrogen-bond donors (Lipinski definition) is 1. The van der Waals surface area contributed by atoms with E-state index in [0.29, 0.717) is 34.3 Å². The summed E-state index contributed by atoms with van der Waals surface area (Å²) in [5.41, 5.74) is 0.656. The Morgan fingerprint density at radius 3 is 2.15 bits per heavy atom. The minimum Gasteiger partial charge on any atom is -0.492 e. The zero-order valence-corrected chi connectivity index (χ0v) is 25.7. The average molecular weight is 621 g/mol. The first-order chi connectivity index (χ1) is 19.6. The Bertz CT molecular complexity index is 1420. The Balaban J connectivity index is 2.13. The van der Waals surface area contributed by atoms with Gasteiger partial charge >= 0.3 is 0 Å². The lowest BCUT2D eigenvalue weighted by atomic mass is 10.1. The van der Waals surface area contributed by atoms with Crippen LogP contribution in [-0.4, -0.2) is 50.9 Å². The number of carbonyl (C=O) groups excluding carboxylic acids is 2. The SMILES string of the molecule is CCCNC(=O)[C@H](CC)N(Cc1c(Cl)cccc1Cl)C(=O)CN(c1ccccc1OCC)S(=O)(=O)c1ccccc1. The predicted octanol–water partition coefficient (Wildman–Crippen LogP) is 5.92. The molecule has 0 saturated heterocycles. The number of sulfonamides is 1. The number of rotatable bonds is 14. The maximum Gasteiger partial charge on any atom is 0.264 e. The van der Waals surface area contributed by atoms with E-state index in [0.717, 1.165) is 4.31 Å². The van der Waals surface area contributed by atoms with Gasteiger partial charge in [-0.2, -0.15) is 0 Å². The smallest absolute Gasteiger partial charge is 0.264 e. The van der Waals surface area contributed by atoms with Gasteiger partial charge < -0.3 is 15.0 Å². The van der Waals surface area contributed by atoms with Crippen LogP contribution in [0.15, 0.2) is 77.7 Å². The Morgan fingerprint density at radius 1 is 0.902 bits per heavy atom. The topological polar surface area (TPSA) is 96.0 Å². The molecule has 0 aliphatic rings. The summed E-state index contributed by atoms with van der Waals surface area (Å²) in [5.74, 6) is -0.654. The van der Waals surface area contributed by atoms with Crippen molar-refractivity contribution in [1.82, 2.24) is 10.2 Å². The molecule has 0 heterocycles. The quantitative estimate of drug-likeness (QED) is 0.242. The second kappa shape index (κ2) is 15.1. The van der Waals surface area contributed by atoms with Crippen molar-refractivity contribution in [3.8, 4) is 5.75 Å². The number of carbonyl (C=O) groups is 2. The molecule has 3 aromatic rings. The van der Waals surface area contributed by atoms with E-state index in [1.807, 2.05) is 6.92 Å². The summed E-state index contributed by atoms with van der Waals surface area (Å²) >= 11 is 12.9. The third-order valence-electron chi connectivity index (χ3n) is 6.37. The van der Waals surface area contributed by atoms with Gasteiger partial charge in [0.1, 0.15) is 18.3 Å². The molecule has 0 aromatic heterocycles. The van der Waals surface area contributed by atoms with Crippen LogP contribution in [0.25, 0.3) is 0 Å². The third-order valence-corrected chi connectivity index (χ3v) is 8.85. The van der Waals surface area contributed by atoms with E-state index in [4.69, 9.17) is 27.9 Å². The van der Waals surface area contributed by atoms with E-state index < -0.39 is 28.5 Å². The fraction of sp³-hybridized carbons (Fsp3) is 0.333. The molecule has 0 aliphatic carbocycles. The van der Waals surface area contributed by atoms with Crippen LogP contribution in [0.1, 0.15) is 39.2 Å². The number of nitrogens with zero attached hydrogens (tertiary/aromatic N) is 2. The summed E-state index contributed by atoms with van der Waals surface area (Å²) in [6, 6.07) is 18.6. The van der Waals surface area contributed by atoms with Gasteiger partial charge in [-0.05, 0) is 56.2 Å². The predicted molar refractivity (Wildman–Crippen MR) is 163 cm³/mol. The number of hydrogen-bond acceptors (Lipinski definition) is 5. The van der Waals surface area contributed by atoms with E-state index in [1.54, 1.807) is 74.5 Å². The fourth-order valence-corrected chi connectivity index (χ4v) is 6.28. The first-order valence-electron chi connectivity index (χ1n) is 13.4.